The zero-order chi connectivity index (χ0) is 32.1. The quantitative estimate of drug-likeness (QED) is 0.0855. The van der Waals surface area contributed by atoms with Crippen LogP contribution in [0.4, 0.5) is 22.1 Å². The van der Waals surface area contributed by atoms with Gasteiger partial charge in [0.25, 0.3) is 0 Å². The lowest BCUT2D eigenvalue weighted by atomic mass is 10.0. The first-order valence-electron chi connectivity index (χ1n) is 15.1. The molecule has 4 heterocycles. The number of thioether (sulfide) groups is 1. The Hall–Kier alpha value is -3.15. The normalized spacial score (nSPS) is 18.7. The summed E-state index contributed by atoms with van der Waals surface area (Å²) in [6.07, 6.45) is 3.29. The molecule has 2 aliphatic rings. The van der Waals surface area contributed by atoms with Crippen LogP contribution >= 0.6 is 35.0 Å². The van der Waals surface area contributed by atoms with E-state index in [1.54, 1.807) is 18.2 Å². The topological polar surface area (TPSA) is 187 Å². The largest absolute Gasteiger partial charge is 0.377 e. The van der Waals surface area contributed by atoms with E-state index in [1.165, 1.54) is 0 Å². The summed E-state index contributed by atoms with van der Waals surface area (Å²) in [7, 11) is 0. The fourth-order valence-electron chi connectivity index (χ4n) is 4.97. The smallest absolute Gasteiger partial charge is 0.315 e. The third-order valence-corrected chi connectivity index (χ3v) is 9.48. The van der Waals surface area contributed by atoms with Crippen molar-refractivity contribution in [3.05, 3.63) is 28.2 Å². The Labute approximate surface area is 279 Å². The van der Waals surface area contributed by atoms with Crippen LogP contribution < -0.4 is 26.6 Å². The summed E-state index contributed by atoms with van der Waals surface area (Å²) in [5, 5.41) is 23.9. The minimum atomic E-state index is -0.0669. The van der Waals surface area contributed by atoms with Gasteiger partial charge < -0.3 is 40.8 Å². The zero-order valence-corrected chi connectivity index (χ0v) is 27.4. The van der Waals surface area contributed by atoms with Crippen LogP contribution in [0.2, 0.25) is 10.0 Å². The Morgan fingerprint density at radius 1 is 0.935 bits per heavy atom. The third kappa shape index (κ3) is 10.2. The number of nitrogens with one attached hydrogen (secondary N) is 5. The summed E-state index contributed by atoms with van der Waals surface area (Å²) in [5.74, 6) is 1.84. The number of benzene rings is 1. The number of unbranched alkanes of at least 4 members (excludes halogenated alkanes) is 1. The summed E-state index contributed by atoms with van der Waals surface area (Å²) < 4.78 is 21.4. The minimum absolute atomic E-state index is 0.0287. The molecule has 46 heavy (non-hydrogen) atoms. The first-order chi connectivity index (χ1) is 22.5. The Kier molecular flexibility index (Phi) is 13.1. The van der Waals surface area contributed by atoms with Gasteiger partial charge in [0.05, 0.1) is 61.8 Å². The highest BCUT2D eigenvalue weighted by Gasteiger charge is 2.42. The summed E-state index contributed by atoms with van der Waals surface area (Å²) in [5.41, 5.74) is 1.20. The van der Waals surface area contributed by atoms with E-state index in [9.17, 15) is 9.59 Å². The SMILES string of the molecule is O=C(CCCCC1SCC2NC(=O)NC21)NCCOCCOCCOCCNc1nc2nonc2nc1Nc1ccc(Cl)c(Cl)c1. The van der Waals surface area contributed by atoms with Crippen molar-refractivity contribution in [3.8, 4) is 0 Å². The minimum Gasteiger partial charge on any atom is -0.377 e. The molecule has 1 aromatic carbocycles. The highest BCUT2D eigenvalue weighted by molar-refractivity contribution is 8.00. The second kappa shape index (κ2) is 17.7. The van der Waals surface area contributed by atoms with Gasteiger partial charge in [-0.05, 0) is 41.4 Å². The second-order valence-electron chi connectivity index (χ2n) is 10.6. The van der Waals surface area contributed by atoms with Gasteiger partial charge in [-0.2, -0.15) is 11.8 Å². The zero-order valence-electron chi connectivity index (χ0n) is 25.1. The highest BCUT2D eigenvalue weighted by Crippen LogP contribution is 2.33. The highest BCUT2D eigenvalue weighted by atomic mass is 35.5. The van der Waals surface area contributed by atoms with Crippen LogP contribution in [0, 0.1) is 0 Å². The van der Waals surface area contributed by atoms with Gasteiger partial charge in [0.2, 0.25) is 17.2 Å². The van der Waals surface area contributed by atoms with Crippen molar-refractivity contribution in [2.24, 2.45) is 0 Å². The van der Waals surface area contributed by atoms with E-state index in [2.05, 4.69) is 46.9 Å². The summed E-state index contributed by atoms with van der Waals surface area (Å²) in [4.78, 5) is 32.4. The maximum Gasteiger partial charge on any atom is 0.315 e. The number of carbonyl (C=O) groups excluding carboxylic acids is 2. The Morgan fingerprint density at radius 3 is 2.41 bits per heavy atom. The number of fused-ring (bicyclic) bond motifs is 2. The fourth-order valence-corrected chi connectivity index (χ4v) is 6.81. The predicted octanol–water partition coefficient (Wildman–Crippen LogP) is 3.37. The van der Waals surface area contributed by atoms with E-state index in [1.807, 2.05) is 11.8 Å². The van der Waals surface area contributed by atoms with Crippen LogP contribution in [-0.4, -0.2) is 108 Å². The number of carbonyl (C=O) groups is 2. The summed E-state index contributed by atoms with van der Waals surface area (Å²) >= 11 is 14.0. The van der Waals surface area contributed by atoms with E-state index in [0.29, 0.717) is 91.8 Å². The van der Waals surface area contributed by atoms with E-state index < -0.39 is 0 Å². The maximum absolute atomic E-state index is 12.1. The average Bonchev–Trinajstić information content (AvgIpc) is 3.75. The number of aromatic nitrogens is 4. The lowest BCUT2D eigenvalue weighted by molar-refractivity contribution is -0.121. The molecule has 0 aliphatic carbocycles. The maximum atomic E-state index is 12.1. The molecule has 2 aliphatic heterocycles. The van der Waals surface area contributed by atoms with Crippen LogP contribution in [0.1, 0.15) is 25.7 Å². The molecule has 18 heteroatoms. The molecule has 15 nitrogen and oxygen atoms in total. The molecule has 0 saturated carbocycles. The van der Waals surface area contributed by atoms with Gasteiger partial charge in [0.1, 0.15) is 0 Å². The molecule has 0 radical (unpaired) electrons. The number of nitrogens with zero attached hydrogens (tertiary/aromatic N) is 4. The van der Waals surface area contributed by atoms with Gasteiger partial charge >= 0.3 is 6.03 Å². The molecule has 5 N–H and O–H groups in total. The second-order valence-corrected chi connectivity index (χ2v) is 12.7. The summed E-state index contributed by atoms with van der Waals surface area (Å²) in [6, 6.07) is 5.51. The van der Waals surface area contributed by atoms with Gasteiger partial charge in [-0.3, -0.25) is 4.79 Å². The molecule has 3 amide bonds. The average molecular weight is 699 g/mol. The first kappa shape index (κ1) is 34.2. The molecule has 2 aromatic heterocycles. The van der Waals surface area contributed by atoms with Gasteiger partial charge in [0.15, 0.2) is 11.6 Å². The van der Waals surface area contributed by atoms with Crippen LogP contribution in [0.3, 0.4) is 0 Å². The molecule has 3 aromatic rings. The Morgan fingerprint density at radius 2 is 1.65 bits per heavy atom. The lowest BCUT2D eigenvalue weighted by Gasteiger charge is -2.16. The molecule has 250 valence electrons. The van der Waals surface area contributed by atoms with Crippen LogP contribution in [0.5, 0.6) is 0 Å². The van der Waals surface area contributed by atoms with Crippen molar-refractivity contribution in [2.75, 3.05) is 69.1 Å². The van der Waals surface area contributed by atoms with Crippen molar-refractivity contribution in [1.29, 1.82) is 0 Å². The molecule has 5 rings (SSSR count). The lowest BCUT2D eigenvalue weighted by Crippen LogP contribution is -2.36. The molecule has 3 atom stereocenters. The number of rotatable bonds is 20. The third-order valence-electron chi connectivity index (χ3n) is 7.23. The number of halogens is 2. The molecule has 3 unspecified atom stereocenters. The Bertz CT molecular complexity index is 1450. The molecular weight excluding hydrogens is 661 g/mol. The number of urea groups is 1. The number of hydrogen-bond acceptors (Lipinski definition) is 13. The molecule has 2 fully saturated rings. The van der Waals surface area contributed by atoms with Gasteiger partial charge in [0, 0.05) is 36.2 Å². The van der Waals surface area contributed by atoms with E-state index in [-0.39, 0.29) is 35.3 Å². The van der Waals surface area contributed by atoms with E-state index in [0.717, 1.165) is 25.0 Å². The fraction of sp³-hybridized carbons (Fsp3) is 0.571. The number of hydrogen-bond donors (Lipinski definition) is 5. The standard InChI is InChI=1S/C28H37Cl2N9O6S/c29-18-6-5-17(15-19(18)30)33-25-24(36-26-27(37-25)39-45-38-26)32-8-10-43-12-14-44-13-11-42-9-7-31-22(40)4-2-1-3-21-23-20(16-46-21)34-28(41)35-23/h5-6,15,20-21,23H,1-4,7-14,16H2,(H,31,40)(H,32,36,38)(H,33,37,39)(H2,34,35,41). The van der Waals surface area contributed by atoms with E-state index >= 15 is 0 Å². The number of anilines is 3. The number of amides is 3. The molecule has 0 spiro atoms. The van der Waals surface area contributed by atoms with Crippen LogP contribution in [0.25, 0.3) is 11.3 Å². The van der Waals surface area contributed by atoms with Crippen molar-refractivity contribution in [1.82, 2.24) is 36.2 Å². The van der Waals surface area contributed by atoms with Crippen LogP contribution in [0.15, 0.2) is 22.8 Å². The van der Waals surface area contributed by atoms with Gasteiger partial charge in [-0.1, -0.05) is 29.6 Å². The Balaban J connectivity index is 0.849. The monoisotopic (exact) mass is 697 g/mol. The molecular formula is C28H37Cl2N9O6S. The summed E-state index contributed by atoms with van der Waals surface area (Å²) in [6.45, 7) is 3.43. The van der Waals surface area contributed by atoms with Crippen molar-refractivity contribution in [3.63, 3.8) is 0 Å². The first-order valence-corrected chi connectivity index (χ1v) is 16.9. The van der Waals surface area contributed by atoms with Crippen molar-refractivity contribution >= 4 is 75.5 Å². The van der Waals surface area contributed by atoms with Crippen LogP contribution in [-0.2, 0) is 19.0 Å². The molecule has 2 saturated heterocycles. The van der Waals surface area contributed by atoms with Crippen molar-refractivity contribution < 1.29 is 28.4 Å². The molecule has 0 bridgehead atoms. The van der Waals surface area contributed by atoms with Gasteiger partial charge in [-0.25, -0.2) is 19.4 Å². The van der Waals surface area contributed by atoms with E-state index in [4.69, 9.17) is 42.0 Å². The number of ether oxygens (including phenoxy) is 3. The predicted molar refractivity (Wildman–Crippen MR) is 175 cm³/mol. The van der Waals surface area contributed by atoms with Gasteiger partial charge in [-0.15, -0.1) is 0 Å². The van der Waals surface area contributed by atoms with Crippen molar-refractivity contribution in [2.45, 2.75) is 43.0 Å².